The van der Waals surface area contributed by atoms with E-state index in [0.717, 1.165) is 23.4 Å². The Morgan fingerprint density at radius 2 is 1.96 bits per heavy atom. The standard InChI is InChI=1S/C21H16FN3O3/c22-16(9-12-1-3-13(4-2-12)21(27)28)19-10-14(5-7-23-19)18-11-15-17(25-18)6-8-24-20(15)26/h1-5,7,9-11,25H,6,8H2,(H,24,26)(H,27,28)/b16-9-. The molecule has 2 aromatic heterocycles. The van der Waals surface area contributed by atoms with Crippen molar-refractivity contribution in [1.29, 1.82) is 0 Å². The third-order valence-corrected chi connectivity index (χ3v) is 4.57. The van der Waals surface area contributed by atoms with Crippen LogP contribution in [0.1, 0.15) is 37.7 Å². The highest BCUT2D eigenvalue weighted by atomic mass is 19.1. The molecule has 3 heterocycles. The number of rotatable bonds is 4. The summed E-state index contributed by atoms with van der Waals surface area (Å²) in [5, 5.41) is 11.7. The average molecular weight is 377 g/mol. The highest BCUT2D eigenvalue weighted by Gasteiger charge is 2.20. The lowest BCUT2D eigenvalue weighted by molar-refractivity contribution is 0.0696. The van der Waals surface area contributed by atoms with Gasteiger partial charge < -0.3 is 15.4 Å². The van der Waals surface area contributed by atoms with E-state index in [1.807, 2.05) is 0 Å². The molecule has 1 aliphatic heterocycles. The molecular formula is C21H16FN3O3. The van der Waals surface area contributed by atoms with Crippen molar-refractivity contribution < 1.29 is 19.1 Å². The number of hydrogen-bond acceptors (Lipinski definition) is 3. The largest absolute Gasteiger partial charge is 0.478 e. The summed E-state index contributed by atoms with van der Waals surface area (Å²) in [6.45, 7) is 0.589. The molecule has 3 aromatic rings. The Morgan fingerprint density at radius 3 is 2.68 bits per heavy atom. The minimum atomic E-state index is -1.03. The van der Waals surface area contributed by atoms with Crippen molar-refractivity contribution in [3.63, 3.8) is 0 Å². The second kappa shape index (κ2) is 7.11. The van der Waals surface area contributed by atoms with Gasteiger partial charge in [-0.3, -0.25) is 9.78 Å². The second-order valence-corrected chi connectivity index (χ2v) is 6.43. The van der Waals surface area contributed by atoms with Gasteiger partial charge in [-0.15, -0.1) is 0 Å². The fourth-order valence-corrected chi connectivity index (χ4v) is 3.12. The van der Waals surface area contributed by atoms with Gasteiger partial charge in [-0.05, 0) is 42.0 Å². The number of fused-ring (bicyclic) bond motifs is 1. The van der Waals surface area contributed by atoms with Crippen LogP contribution in [0, 0.1) is 0 Å². The number of pyridine rings is 1. The predicted molar refractivity (Wildman–Crippen MR) is 102 cm³/mol. The number of hydrogen-bond donors (Lipinski definition) is 3. The summed E-state index contributed by atoms with van der Waals surface area (Å²) in [4.78, 5) is 30.1. The molecule has 0 spiro atoms. The maximum atomic E-state index is 14.7. The Morgan fingerprint density at radius 1 is 1.18 bits per heavy atom. The smallest absolute Gasteiger partial charge is 0.335 e. The molecule has 0 bridgehead atoms. The average Bonchev–Trinajstić information content (AvgIpc) is 3.14. The summed E-state index contributed by atoms with van der Waals surface area (Å²) in [7, 11) is 0. The molecule has 0 radical (unpaired) electrons. The van der Waals surface area contributed by atoms with Gasteiger partial charge in [0.1, 0.15) is 5.83 Å². The number of carboxylic acid groups (broad SMARTS) is 1. The quantitative estimate of drug-likeness (QED) is 0.648. The van der Waals surface area contributed by atoms with Crippen LogP contribution >= 0.6 is 0 Å². The fraction of sp³-hybridized carbons (Fsp3) is 0.0952. The first-order valence-electron chi connectivity index (χ1n) is 8.69. The number of halogens is 1. The van der Waals surface area contributed by atoms with Crippen molar-refractivity contribution in [2.75, 3.05) is 6.54 Å². The zero-order valence-corrected chi connectivity index (χ0v) is 14.7. The zero-order chi connectivity index (χ0) is 19.7. The Labute approximate surface area is 159 Å². The normalized spacial score (nSPS) is 13.8. The van der Waals surface area contributed by atoms with Crippen molar-refractivity contribution in [2.45, 2.75) is 6.42 Å². The number of amides is 1. The zero-order valence-electron chi connectivity index (χ0n) is 14.7. The van der Waals surface area contributed by atoms with Crippen molar-refractivity contribution >= 4 is 23.8 Å². The Bertz CT molecular complexity index is 1100. The predicted octanol–water partition coefficient (Wildman–Crippen LogP) is 3.53. The summed E-state index contributed by atoms with van der Waals surface area (Å²) in [6.07, 6.45) is 3.52. The molecule has 0 fully saturated rings. The minimum absolute atomic E-state index is 0.117. The van der Waals surface area contributed by atoms with Gasteiger partial charge in [-0.25, -0.2) is 9.18 Å². The molecule has 0 saturated heterocycles. The topological polar surface area (TPSA) is 95.1 Å². The van der Waals surface area contributed by atoms with Crippen LogP contribution in [0.3, 0.4) is 0 Å². The van der Waals surface area contributed by atoms with Gasteiger partial charge in [0.15, 0.2) is 0 Å². The van der Waals surface area contributed by atoms with Crippen molar-refractivity contribution in [3.8, 4) is 11.3 Å². The summed E-state index contributed by atoms with van der Waals surface area (Å²) < 4.78 is 14.7. The Balaban J connectivity index is 1.63. The monoisotopic (exact) mass is 377 g/mol. The Hall–Kier alpha value is -3.74. The van der Waals surface area contributed by atoms with E-state index in [1.165, 1.54) is 36.5 Å². The van der Waals surface area contributed by atoms with Crippen molar-refractivity contribution in [1.82, 2.24) is 15.3 Å². The van der Waals surface area contributed by atoms with Crippen LogP contribution in [0.4, 0.5) is 4.39 Å². The van der Waals surface area contributed by atoms with Crippen LogP contribution < -0.4 is 5.32 Å². The van der Waals surface area contributed by atoms with Gasteiger partial charge in [0.25, 0.3) is 5.91 Å². The fourth-order valence-electron chi connectivity index (χ4n) is 3.12. The van der Waals surface area contributed by atoms with Gasteiger partial charge in [-0.1, -0.05) is 12.1 Å². The number of nitrogens with zero attached hydrogens (tertiary/aromatic N) is 1. The molecule has 1 amide bonds. The number of benzene rings is 1. The molecule has 0 aliphatic carbocycles. The third-order valence-electron chi connectivity index (χ3n) is 4.57. The third kappa shape index (κ3) is 3.42. The number of nitrogens with one attached hydrogen (secondary N) is 2. The van der Waals surface area contributed by atoms with Crippen LogP contribution in [0.5, 0.6) is 0 Å². The number of aromatic nitrogens is 2. The molecule has 6 nitrogen and oxygen atoms in total. The number of carbonyl (C=O) groups excluding carboxylic acids is 1. The summed E-state index contributed by atoms with van der Waals surface area (Å²) in [5.74, 6) is -1.69. The number of carbonyl (C=O) groups is 2. The molecule has 28 heavy (non-hydrogen) atoms. The van der Waals surface area contributed by atoms with Crippen LogP contribution in [-0.2, 0) is 6.42 Å². The lowest BCUT2D eigenvalue weighted by Gasteiger charge is -2.10. The van der Waals surface area contributed by atoms with E-state index in [9.17, 15) is 14.0 Å². The van der Waals surface area contributed by atoms with E-state index in [0.29, 0.717) is 17.7 Å². The van der Waals surface area contributed by atoms with E-state index in [1.54, 1.807) is 18.2 Å². The maximum Gasteiger partial charge on any atom is 0.335 e. The van der Waals surface area contributed by atoms with Crippen LogP contribution in [0.15, 0.2) is 48.7 Å². The molecule has 0 saturated carbocycles. The van der Waals surface area contributed by atoms with E-state index in [2.05, 4.69) is 15.3 Å². The van der Waals surface area contributed by atoms with E-state index < -0.39 is 11.8 Å². The first-order valence-corrected chi connectivity index (χ1v) is 8.69. The Kier molecular flexibility index (Phi) is 4.49. The van der Waals surface area contributed by atoms with Crippen molar-refractivity contribution in [2.24, 2.45) is 0 Å². The lowest BCUT2D eigenvalue weighted by Crippen LogP contribution is -2.31. The highest BCUT2D eigenvalue weighted by molar-refractivity contribution is 5.97. The van der Waals surface area contributed by atoms with Gasteiger partial charge in [0, 0.05) is 36.1 Å². The number of aromatic carboxylic acids is 1. The SMILES string of the molecule is O=C(O)c1ccc(/C=C(\F)c2cc(-c3cc4c([nH]3)CCNC4=O)ccn2)cc1. The van der Waals surface area contributed by atoms with Gasteiger partial charge >= 0.3 is 5.97 Å². The van der Waals surface area contributed by atoms with Crippen molar-refractivity contribution in [3.05, 3.63) is 76.7 Å². The van der Waals surface area contributed by atoms with Gasteiger partial charge in [0.2, 0.25) is 0 Å². The number of carboxylic acids is 1. The highest BCUT2D eigenvalue weighted by Crippen LogP contribution is 2.27. The molecule has 7 heteroatoms. The number of aromatic amines is 1. The molecule has 3 N–H and O–H groups in total. The van der Waals surface area contributed by atoms with E-state index in [-0.39, 0.29) is 17.2 Å². The molecule has 1 aromatic carbocycles. The molecule has 0 unspecified atom stereocenters. The minimum Gasteiger partial charge on any atom is -0.478 e. The summed E-state index contributed by atoms with van der Waals surface area (Å²) in [6, 6.07) is 11.0. The summed E-state index contributed by atoms with van der Waals surface area (Å²) in [5.41, 5.74) is 3.73. The first-order chi connectivity index (χ1) is 13.5. The molecule has 0 atom stereocenters. The van der Waals surface area contributed by atoms with Crippen LogP contribution in [-0.4, -0.2) is 33.5 Å². The van der Waals surface area contributed by atoms with E-state index >= 15 is 0 Å². The van der Waals surface area contributed by atoms with Gasteiger partial charge in [-0.2, -0.15) is 0 Å². The summed E-state index contributed by atoms with van der Waals surface area (Å²) >= 11 is 0. The van der Waals surface area contributed by atoms with E-state index in [4.69, 9.17) is 5.11 Å². The van der Waals surface area contributed by atoms with Crippen LogP contribution in [0.25, 0.3) is 23.2 Å². The number of H-pyrrole nitrogens is 1. The molecule has 140 valence electrons. The molecule has 1 aliphatic rings. The molecule has 4 rings (SSSR count). The maximum absolute atomic E-state index is 14.7. The van der Waals surface area contributed by atoms with Gasteiger partial charge in [0.05, 0.1) is 16.8 Å². The lowest BCUT2D eigenvalue weighted by atomic mass is 10.1. The second-order valence-electron chi connectivity index (χ2n) is 6.43. The first kappa shape index (κ1) is 17.7. The van der Waals surface area contributed by atoms with Crippen LogP contribution in [0.2, 0.25) is 0 Å². The molecular weight excluding hydrogens is 361 g/mol.